The third-order valence-corrected chi connectivity index (χ3v) is 3.92. The summed E-state index contributed by atoms with van der Waals surface area (Å²) in [5.41, 5.74) is 1.92. The normalized spacial score (nSPS) is 16.4. The SMILES string of the molecule is CCn1ncc2ccc(NC(=O)C3CCNCC3)cc21. The Kier molecular flexibility index (Phi) is 3.69. The Hall–Kier alpha value is -1.88. The van der Waals surface area contributed by atoms with Gasteiger partial charge in [0.25, 0.3) is 0 Å². The molecule has 20 heavy (non-hydrogen) atoms. The van der Waals surface area contributed by atoms with E-state index >= 15 is 0 Å². The summed E-state index contributed by atoms with van der Waals surface area (Å²) in [4.78, 5) is 12.2. The van der Waals surface area contributed by atoms with Gasteiger partial charge in [-0.2, -0.15) is 5.10 Å². The van der Waals surface area contributed by atoms with E-state index in [1.54, 1.807) is 0 Å². The quantitative estimate of drug-likeness (QED) is 0.898. The molecule has 0 bridgehead atoms. The molecule has 2 N–H and O–H groups in total. The van der Waals surface area contributed by atoms with E-state index in [1.165, 1.54) is 0 Å². The second-order valence-corrected chi connectivity index (χ2v) is 5.25. The van der Waals surface area contributed by atoms with E-state index in [2.05, 4.69) is 22.7 Å². The van der Waals surface area contributed by atoms with Crippen LogP contribution in [0.2, 0.25) is 0 Å². The summed E-state index contributed by atoms with van der Waals surface area (Å²) in [5, 5.41) is 11.7. The number of nitrogens with one attached hydrogen (secondary N) is 2. The minimum absolute atomic E-state index is 0.128. The maximum absolute atomic E-state index is 12.2. The zero-order valence-corrected chi connectivity index (χ0v) is 11.7. The number of hydrogen-bond acceptors (Lipinski definition) is 3. The van der Waals surface area contributed by atoms with E-state index in [1.807, 2.05) is 29.1 Å². The molecule has 1 amide bonds. The second kappa shape index (κ2) is 5.63. The van der Waals surface area contributed by atoms with Crippen LogP contribution in [0.4, 0.5) is 5.69 Å². The van der Waals surface area contributed by atoms with Crippen molar-refractivity contribution in [3.8, 4) is 0 Å². The lowest BCUT2D eigenvalue weighted by atomic mass is 9.97. The Bertz CT molecular complexity index is 613. The van der Waals surface area contributed by atoms with E-state index < -0.39 is 0 Å². The van der Waals surface area contributed by atoms with Crippen molar-refractivity contribution in [3.05, 3.63) is 24.4 Å². The molecule has 2 heterocycles. The number of nitrogens with zero attached hydrogens (tertiary/aromatic N) is 2. The van der Waals surface area contributed by atoms with Gasteiger partial charge in [-0.05, 0) is 51.1 Å². The van der Waals surface area contributed by atoms with Gasteiger partial charge in [0, 0.05) is 23.5 Å². The molecule has 1 aliphatic rings. The van der Waals surface area contributed by atoms with Crippen molar-refractivity contribution in [2.45, 2.75) is 26.3 Å². The predicted molar refractivity (Wildman–Crippen MR) is 79.6 cm³/mol. The number of aromatic nitrogens is 2. The van der Waals surface area contributed by atoms with Crippen LogP contribution in [-0.4, -0.2) is 28.8 Å². The molecule has 1 saturated heterocycles. The van der Waals surface area contributed by atoms with E-state index in [9.17, 15) is 4.79 Å². The van der Waals surface area contributed by atoms with Gasteiger partial charge in [-0.3, -0.25) is 9.48 Å². The lowest BCUT2D eigenvalue weighted by molar-refractivity contribution is -0.120. The monoisotopic (exact) mass is 272 g/mol. The highest BCUT2D eigenvalue weighted by Gasteiger charge is 2.20. The van der Waals surface area contributed by atoms with Gasteiger partial charge in [0.05, 0.1) is 11.7 Å². The maximum atomic E-state index is 12.2. The number of carbonyl (C=O) groups excluding carboxylic acids is 1. The van der Waals surface area contributed by atoms with Crippen LogP contribution in [0.25, 0.3) is 10.9 Å². The van der Waals surface area contributed by atoms with E-state index in [0.717, 1.165) is 49.1 Å². The number of piperidine rings is 1. The number of benzene rings is 1. The number of rotatable bonds is 3. The summed E-state index contributed by atoms with van der Waals surface area (Å²) >= 11 is 0. The first-order valence-corrected chi connectivity index (χ1v) is 7.25. The van der Waals surface area contributed by atoms with E-state index in [4.69, 9.17) is 0 Å². The van der Waals surface area contributed by atoms with Crippen molar-refractivity contribution in [2.75, 3.05) is 18.4 Å². The maximum Gasteiger partial charge on any atom is 0.227 e. The van der Waals surface area contributed by atoms with Crippen LogP contribution in [0.3, 0.4) is 0 Å². The second-order valence-electron chi connectivity index (χ2n) is 5.25. The molecule has 106 valence electrons. The standard InChI is InChI=1S/C15H20N4O/c1-2-19-14-9-13(4-3-12(14)10-17-19)18-15(20)11-5-7-16-8-6-11/h3-4,9-11,16H,2,5-8H2,1H3,(H,18,20). The number of aryl methyl sites for hydroxylation is 1. The molecule has 2 aromatic rings. The molecule has 1 fully saturated rings. The Morgan fingerprint density at radius 3 is 3.00 bits per heavy atom. The van der Waals surface area contributed by atoms with Gasteiger partial charge in [0.2, 0.25) is 5.91 Å². The first-order chi connectivity index (χ1) is 9.78. The Morgan fingerprint density at radius 1 is 1.45 bits per heavy atom. The number of anilines is 1. The molecule has 0 atom stereocenters. The van der Waals surface area contributed by atoms with Crippen LogP contribution in [-0.2, 0) is 11.3 Å². The number of fused-ring (bicyclic) bond motifs is 1. The molecule has 1 aliphatic heterocycles. The summed E-state index contributed by atoms with van der Waals surface area (Å²) < 4.78 is 1.94. The third-order valence-electron chi connectivity index (χ3n) is 3.92. The molecule has 0 aliphatic carbocycles. The summed E-state index contributed by atoms with van der Waals surface area (Å²) in [6.45, 7) is 4.75. The zero-order chi connectivity index (χ0) is 13.9. The molecule has 5 nitrogen and oxygen atoms in total. The molecule has 5 heteroatoms. The largest absolute Gasteiger partial charge is 0.326 e. The minimum Gasteiger partial charge on any atom is -0.326 e. The Morgan fingerprint density at radius 2 is 2.25 bits per heavy atom. The number of carbonyl (C=O) groups is 1. The smallest absolute Gasteiger partial charge is 0.227 e. The molecule has 0 unspecified atom stereocenters. The molecule has 3 rings (SSSR count). The van der Waals surface area contributed by atoms with Crippen molar-refractivity contribution < 1.29 is 4.79 Å². The fourth-order valence-electron chi connectivity index (χ4n) is 2.73. The summed E-state index contributed by atoms with van der Waals surface area (Å²) in [5.74, 6) is 0.261. The van der Waals surface area contributed by atoms with Crippen molar-refractivity contribution >= 4 is 22.5 Å². The lowest BCUT2D eigenvalue weighted by Gasteiger charge is -2.21. The average Bonchev–Trinajstić information content (AvgIpc) is 2.90. The highest BCUT2D eigenvalue weighted by Crippen LogP contribution is 2.21. The molecule has 1 aromatic carbocycles. The van der Waals surface area contributed by atoms with Gasteiger partial charge < -0.3 is 10.6 Å². The first kappa shape index (κ1) is 13.1. The van der Waals surface area contributed by atoms with Crippen LogP contribution in [0.5, 0.6) is 0 Å². The summed E-state index contributed by atoms with van der Waals surface area (Å²) in [6.07, 6.45) is 3.69. The van der Waals surface area contributed by atoms with E-state index in [-0.39, 0.29) is 11.8 Å². The molecule has 1 aromatic heterocycles. The molecular weight excluding hydrogens is 252 g/mol. The van der Waals surface area contributed by atoms with Crippen molar-refractivity contribution in [1.82, 2.24) is 15.1 Å². The van der Waals surface area contributed by atoms with Crippen LogP contribution in [0.15, 0.2) is 24.4 Å². The highest BCUT2D eigenvalue weighted by atomic mass is 16.1. The predicted octanol–water partition coefficient (Wildman–Crippen LogP) is 1.99. The zero-order valence-electron chi connectivity index (χ0n) is 11.7. The van der Waals surface area contributed by atoms with Gasteiger partial charge >= 0.3 is 0 Å². The van der Waals surface area contributed by atoms with Crippen LogP contribution in [0.1, 0.15) is 19.8 Å². The van der Waals surface area contributed by atoms with Crippen molar-refractivity contribution in [3.63, 3.8) is 0 Å². The molecule has 0 saturated carbocycles. The average molecular weight is 272 g/mol. The topological polar surface area (TPSA) is 59.0 Å². The van der Waals surface area contributed by atoms with Crippen LogP contribution in [0, 0.1) is 5.92 Å². The Balaban J connectivity index is 1.78. The first-order valence-electron chi connectivity index (χ1n) is 7.25. The summed E-state index contributed by atoms with van der Waals surface area (Å²) in [6, 6.07) is 5.96. The minimum atomic E-state index is 0.128. The lowest BCUT2D eigenvalue weighted by Crippen LogP contribution is -2.34. The Labute approximate surface area is 118 Å². The van der Waals surface area contributed by atoms with Gasteiger partial charge in [0.1, 0.15) is 0 Å². The molecule has 0 radical (unpaired) electrons. The molecular formula is C15H20N4O. The number of amides is 1. The van der Waals surface area contributed by atoms with Crippen LogP contribution >= 0.6 is 0 Å². The van der Waals surface area contributed by atoms with Crippen molar-refractivity contribution in [2.24, 2.45) is 5.92 Å². The third kappa shape index (κ3) is 2.54. The van der Waals surface area contributed by atoms with Gasteiger partial charge in [-0.25, -0.2) is 0 Å². The summed E-state index contributed by atoms with van der Waals surface area (Å²) in [7, 11) is 0. The van der Waals surface area contributed by atoms with Crippen molar-refractivity contribution in [1.29, 1.82) is 0 Å². The number of hydrogen-bond donors (Lipinski definition) is 2. The van der Waals surface area contributed by atoms with Gasteiger partial charge in [0.15, 0.2) is 0 Å². The fraction of sp³-hybridized carbons (Fsp3) is 0.467. The van der Waals surface area contributed by atoms with E-state index in [0.29, 0.717) is 0 Å². The molecule has 0 spiro atoms. The van der Waals surface area contributed by atoms with Gasteiger partial charge in [-0.1, -0.05) is 0 Å². The van der Waals surface area contributed by atoms with Gasteiger partial charge in [-0.15, -0.1) is 0 Å². The highest BCUT2D eigenvalue weighted by molar-refractivity contribution is 5.95. The van der Waals surface area contributed by atoms with Crippen LogP contribution < -0.4 is 10.6 Å². The fourth-order valence-corrected chi connectivity index (χ4v) is 2.73.